The molecule has 1 saturated carbocycles. The molecule has 0 unspecified atom stereocenters. The number of hydrogen-bond donors (Lipinski definition) is 0. The number of ether oxygens (including phenoxy) is 2. The van der Waals surface area contributed by atoms with Crippen LogP contribution in [0, 0.1) is 5.92 Å². The van der Waals surface area contributed by atoms with Gasteiger partial charge in [-0.1, -0.05) is 19.6 Å². The first kappa shape index (κ1) is 25.1. The largest absolute Gasteiger partial charge is 0.466 e. The second-order valence-electron chi connectivity index (χ2n) is 10.3. The summed E-state index contributed by atoms with van der Waals surface area (Å²) < 4.78 is 16.1. The molecule has 3 heterocycles. The van der Waals surface area contributed by atoms with Crippen LogP contribution in [0.4, 0.5) is 0 Å². The number of halogens is 1. The average molecular weight is 548 g/mol. The van der Waals surface area contributed by atoms with Crippen LogP contribution in [0.15, 0.2) is 35.5 Å². The van der Waals surface area contributed by atoms with Crippen molar-refractivity contribution in [3.8, 4) is 11.1 Å². The fraction of sp³-hybridized carbons (Fsp3) is 0.560. The van der Waals surface area contributed by atoms with Crippen LogP contribution >= 0.6 is 15.9 Å². The van der Waals surface area contributed by atoms with E-state index in [1.807, 2.05) is 24.0 Å². The van der Waals surface area contributed by atoms with Crippen LogP contribution in [-0.4, -0.2) is 46.6 Å². The first-order chi connectivity index (χ1) is 16.2. The molecule has 0 atom stereocenters. The maximum Gasteiger partial charge on any atom is 0.308 e. The van der Waals surface area contributed by atoms with Crippen LogP contribution in [0.1, 0.15) is 38.6 Å². The number of carbonyl (C=O) groups excluding carboxylic acids is 1. The van der Waals surface area contributed by atoms with Gasteiger partial charge >= 0.3 is 5.97 Å². The number of fused-ring (bicyclic) bond motifs is 1. The number of hydrogen-bond acceptors (Lipinski definition) is 5. The molecule has 0 aliphatic heterocycles. The maximum absolute atomic E-state index is 12.2. The minimum absolute atomic E-state index is 0.0175. The summed E-state index contributed by atoms with van der Waals surface area (Å²) in [5, 5.41) is 5.69. The predicted molar refractivity (Wildman–Crippen MR) is 140 cm³/mol. The Morgan fingerprint density at radius 3 is 2.65 bits per heavy atom. The molecular formula is C25H35BrN4O3Si. The summed E-state index contributed by atoms with van der Waals surface area (Å²) in [6.07, 6.45) is 11.7. The molecule has 184 valence electrons. The zero-order valence-corrected chi connectivity index (χ0v) is 23.2. The van der Waals surface area contributed by atoms with E-state index in [4.69, 9.17) is 9.47 Å². The Labute approximate surface area is 211 Å². The lowest BCUT2D eigenvalue weighted by Gasteiger charge is -2.28. The number of pyridine rings is 1. The Kier molecular flexibility index (Phi) is 7.94. The van der Waals surface area contributed by atoms with E-state index in [9.17, 15) is 4.79 Å². The fourth-order valence-corrected chi connectivity index (χ4v) is 5.70. The molecule has 0 saturated heterocycles. The number of esters is 1. The summed E-state index contributed by atoms with van der Waals surface area (Å²) in [6, 6.07) is 3.56. The molecule has 0 aromatic carbocycles. The third kappa shape index (κ3) is 5.98. The Hall–Kier alpha value is -1.97. The average Bonchev–Trinajstić information content (AvgIpc) is 3.41. The molecule has 7 nitrogen and oxygen atoms in total. The number of nitrogens with zero attached hydrogens (tertiary/aromatic N) is 4. The summed E-state index contributed by atoms with van der Waals surface area (Å²) in [4.78, 5) is 16.7. The summed E-state index contributed by atoms with van der Waals surface area (Å²) in [6.45, 7) is 10.6. The Bertz CT molecular complexity index is 1130. The van der Waals surface area contributed by atoms with Gasteiger partial charge in [0.1, 0.15) is 11.3 Å². The predicted octanol–water partition coefficient (Wildman–Crippen LogP) is 6.27. The van der Waals surface area contributed by atoms with Crippen LogP contribution in [0.5, 0.6) is 0 Å². The van der Waals surface area contributed by atoms with Crippen molar-refractivity contribution in [1.82, 2.24) is 19.3 Å². The van der Waals surface area contributed by atoms with E-state index in [0.29, 0.717) is 19.4 Å². The lowest BCUT2D eigenvalue weighted by atomic mass is 9.86. The van der Waals surface area contributed by atoms with Crippen molar-refractivity contribution in [3.63, 3.8) is 0 Å². The van der Waals surface area contributed by atoms with Gasteiger partial charge in [-0.25, -0.2) is 9.67 Å². The molecule has 0 bridgehead atoms. The third-order valence-electron chi connectivity index (χ3n) is 6.56. The van der Waals surface area contributed by atoms with E-state index in [1.165, 1.54) is 0 Å². The Morgan fingerprint density at radius 1 is 1.18 bits per heavy atom. The van der Waals surface area contributed by atoms with Crippen LogP contribution < -0.4 is 0 Å². The van der Waals surface area contributed by atoms with Gasteiger partial charge in [0.25, 0.3) is 0 Å². The fourth-order valence-electron chi connectivity index (χ4n) is 4.61. The molecular weight excluding hydrogens is 512 g/mol. The van der Waals surface area contributed by atoms with E-state index in [1.54, 1.807) is 0 Å². The number of carbonyl (C=O) groups is 1. The first-order valence-electron chi connectivity index (χ1n) is 12.2. The molecule has 3 aromatic rings. The standard InChI is InChI=1S/C25H35BrN4O3Si/c1-5-33-25(31)18-6-8-20(9-7-18)30-16-22(21-12-24(26)27-14-23(21)30)19-13-28-29(15-19)17-32-10-11-34(2,3)4/h12-16,18,20H,5-11,17H2,1-4H3. The van der Waals surface area contributed by atoms with Crippen LogP contribution in [-0.2, 0) is 21.0 Å². The highest BCUT2D eigenvalue weighted by molar-refractivity contribution is 9.10. The van der Waals surface area contributed by atoms with Crippen molar-refractivity contribution in [2.45, 2.75) is 71.1 Å². The lowest BCUT2D eigenvalue weighted by molar-refractivity contribution is -0.149. The van der Waals surface area contributed by atoms with Gasteiger partial charge in [0.2, 0.25) is 0 Å². The Balaban J connectivity index is 1.52. The van der Waals surface area contributed by atoms with Crippen molar-refractivity contribution in [2.75, 3.05) is 13.2 Å². The van der Waals surface area contributed by atoms with Crippen molar-refractivity contribution >= 4 is 40.9 Å². The minimum Gasteiger partial charge on any atom is -0.466 e. The molecule has 0 radical (unpaired) electrons. The van der Waals surface area contributed by atoms with Gasteiger partial charge in [0, 0.05) is 49.6 Å². The monoisotopic (exact) mass is 546 g/mol. The van der Waals surface area contributed by atoms with Gasteiger partial charge in [-0.2, -0.15) is 5.10 Å². The Morgan fingerprint density at radius 2 is 1.94 bits per heavy atom. The van der Waals surface area contributed by atoms with E-state index in [0.717, 1.165) is 65.0 Å². The minimum atomic E-state index is -1.10. The molecule has 3 aromatic heterocycles. The molecule has 0 spiro atoms. The van der Waals surface area contributed by atoms with Crippen molar-refractivity contribution in [3.05, 3.63) is 35.5 Å². The third-order valence-corrected chi connectivity index (χ3v) is 8.70. The molecule has 4 rings (SSSR count). The molecule has 0 amide bonds. The summed E-state index contributed by atoms with van der Waals surface area (Å²) >= 11 is 3.54. The quantitative estimate of drug-likeness (QED) is 0.137. The summed E-state index contributed by atoms with van der Waals surface area (Å²) in [5.74, 6) is -0.0342. The van der Waals surface area contributed by atoms with E-state index >= 15 is 0 Å². The second kappa shape index (κ2) is 10.7. The first-order valence-corrected chi connectivity index (χ1v) is 16.7. The van der Waals surface area contributed by atoms with Crippen LogP contribution in [0.25, 0.3) is 22.0 Å². The topological polar surface area (TPSA) is 71.2 Å². The SMILES string of the molecule is CCOC(=O)C1CCC(n2cc(-c3cnn(COCC[Si](C)(C)C)c3)c3cc(Br)ncc32)CC1. The molecule has 0 N–H and O–H groups in total. The van der Waals surface area contributed by atoms with Crippen molar-refractivity contribution in [1.29, 1.82) is 0 Å². The molecule has 9 heteroatoms. The van der Waals surface area contributed by atoms with Gasteiger partial charge in [-0.15, -0.1) is 0 Å². The van der Waals surface area contributed by atoms with Gasteiger partial charge in [0.15, 0.2) is 0 Å². The number of rotatable bonds is 9. The van der Waals surface area contributed by atoms with Gasteiger partial charge in [-0.05, 0) is 60.6 Å². The van der Waals surface area contributed by atoms with Crippen molar-refractivity contribution in [2.24, 2.45) is 5.92 Å². The van der Waals surface area contributed by atoms with Crippen LogP contribution in [0.2, 0.25) is 25.7 Å². The van der Waals surface area contributed by atoms with Crippen LogP contribution in [0.3, 0.4) is 0 Å². The van der Waals surface area contributed by atoms with Gasteiger partial charge < -0.3 is 14.0 Å². The van der Waals surface area contributed by atoms with Crippen molar-refractivity contribution < 1.29 is 14.3 Å². The zero-order valence-electron chi connectivity index (χ0n) is 20.6. The van der Waals surface area contributed by atoms with E-state index < -0.39 is 8.07 Å². The lowest BCUT2D eigenvalue weighted by Crippen LogP contribution is -2.25. The normalized spacial score (nSPS) is 19.0. The van der Waals surface area contributed by atoms with Gasteiger partial charge in [-0.3, -0.25) is 4.79 Å². The summed E-state index contributed by atoms with van der Waals surface area (Å²) in [5.41, 5.74) is 3.31. The van der Waals surface area contributed by atoms with E-state index in [2.05, 4.69) is 68.7 Å². The van der Waals surface area contributed by atoms with Gasteiger partial charge in [0.05, 0.1) is 30.4 Å². The number of aromatic nitrogens is 4. The highest BCUT2D eigenvalue weighted by atomic mass is 79.9. The molecule has 34 heavy (non-hydrogen) atoms. The molecule has 1 aliphatic rings. The molecule has 1 aliphatic carbocycles. The highest BCUT2D eigenvalue weighted by Gasteiger charge is 2.29. The highest BCUT2D eigenvalue weighted by Crippen LogP contribution is 2.39. The smallest absolute Gasteiger partial charge is 0.308 e. The molecule has 1 fully saturated rings. The summed E-state index contributed by atoms with van der Waals surface area (Å²) in [7, 11) is -1.10. The van der Waals surface area contributed by atoms with E-state index in [-0.39, 0.29) is 11.9 Å². The second-order valence-corrected chi connectivity index (χ2v) is 16.8. The zero-order chi connectivity index (χ0) is 24.3. The maximum atomic E-state index is 12.2.